The van der Waals surface area contributed by atoms with Crippen LogP contribution in [0.4, 0.5) is 5.69 Å². The minimum Gasteiger partial charge on any atom is -0.293 e. The molecule has 2 nitrogen and oxygen atoms in total. The number of ketones is 1. The minimum absolute atomic E-state index is 0.0475. The van der Waals surface area contributed by atoms with Crippen LogP contribution in [-0.4, -0.2) is 11.5 Å². The van der Waals surface area contributed by atoms with E-state index in [0.29, 0.717) is 12.1 Å². The average Bonchev–Trinajstić information content (AvgIpc) is 2.15. The number of rotatable bonds is 3. The van der Waals surface area contributed by atoms with Gasteiger partial charge < -0.3 is 0 Å². The highest BCUT2D eigenvalue weighted by Gasteiger charge is 2.01. The lowest BCUT2D eigenvalue weighted by atomic mass is 10.2. The van der Waals surface area contributed by atoms with Gasteiger partial charge in [-0.25, -0.2) is 4.99 Å². The second kappa shape index (κ2) is 4.55. The molecule has 0 unspecified atom stereocenters. The maximum absolute atomic E-state index is 11.0. The lowest BCUT2D eigenvalue weighted by Gasteiger charge is -1.97. The third-order valence-corrected chi connectivity index (χ3v) is 1.76. The van der Waals surface area contributed by atoms with Gasteiger partial charge in [-0.1, -0.05) is 25.1 Å². The Labute approximate surface area is 78.3 Å². The minimum atomic E-state index is 0.0475. The zero-order valence-corrected chi connectivity index (χ0v) is 7.95. The SMILES string of the molecule is CCC(=Nc1ccccc1)C(C)=O. The fourth-order valence-electron chi connectivity index (χ4n) is 1.07. The summed E-state index contributed by atoms with van der Waals surface area (Å²) in [4.78, 5) is 15.3. The molecule has 0 fully saturated rings. The Morgan fingerprint density at radius 2 is 1.92 bits per heavy atom. The molecule has 0 aromatic heterocycles. The second-order valence-corrected chi connectivity index (χ2v) is 2.80. The van der Waals surface area contributed by atoms with Gasteiger partial charge in [-0.05, 0) is 18.6 Å². The van der Waals surface area contributed by atoms with Crippen molar-refractivity contribution < 1.29 is 4.79 Å². The zero-order valence-electron chi connectivity index (χ0n) is 7.95. The molecule has 0 aliphatic rings. The first-order valence-corrected chi connectivity index (χ1v) is 4.37. The van der Waals surface area contributed by atoms with Gasteiger partial charge in [0.1, 0.15) is 0 Å². The van der Waals surface area contributed by atoms with E-state index in [4.69, 9.17) is 0 Å². The Bertz CT molecular complexity index is 314. The number of aliphatic imine (C=N–C) groups is 1. The smallest absolute Gasteiger partial charge is 0.173 e. The van der Waals surface area contributed by atoms with E-state index in [1.165, 1.54) is 0 Å². The second-order valence-electron chi connectivity index (χ2n) is 2.80. The van der Waals surface area contributed by atoms with E-state index in [-0.39, 0.29) is 5.78 Å². The number of benzene rings is 1. The number of Topliss-reactive ketones (excluding diaryl/α,β-unsaturated/α-hetero) is 1. The Morgan fingerprint density at radius 3 is 2.38 bits per heavy atom. The van der Waals surface area contributed by atoms with Gasteiger partial charge in [0.05, 0.1) is 11.4 Å². The number of carbonyl (C=O) groups is 1. The number of nitrogens with zero attached hydrogens (tertiary/aromatic N) is 1. The van der Waals surface area contributed by atoms with Crippen LogP contribution in [0.15, 0.2) is 35.3 Å². The molecule has 1 aromatic rings. The van der Waals surface area contributed by atoms with Crippen molar-refractivity contribution in [3.05, 3.63) is 30.3 Å². The quantitative estimate of drug-likeness (QED) is 0.649. The highest BCUT2D eigenvalue weighted by molar-refractivity contribution is 6.39. The summed E-state index contributed by atoms with van der Waals surface area (Å²) in [6.07, 6.45) is 0.685. The number of para-hydroxylation sites is 1. The van der Waals surface area contributed by atoms with Crippen LogP contribution in [0.5, 0.6) is 0 Å². The molecule has 0 saturated carbocycles. The van der Waals surface area contributed by atoms with Crippen LogP contribution in [0.1, 0.15) is 20.3 Å². The maximum atomic E-state index is 11.0. The fourth-order valence-corrected chi connectivity index (χ4v) is 1.07. The van der Waals surface area contributed by atoms with Gasteiger partial charge in [0.25, 0.3) is 0 Å². The van der Waals surface area contributed by atoms with Gasteiger partial charge in [0.15, 0.2) is 5.78 Å². The fraction of sp³-hybridized carbons (Fsp3) is 0.273. The maximum Gasteiger partial charge on any atom is 0.173 e. The highest BCUT2D eigenvalue weighted by Crippen LogP contribution is 2.10. The number of carbonyl (C=O) groups excluding carboxylic acids is 1. The predicted molar refractivity (Wildman–Crippen MR) is 54.5 cm³/mol. The van der Waals surface area contributed by atoms with Crippen LogP contribution in [0.25, 0.3) is 0 Å². The lowest BCUT2D eigenvalue weighted by molar-refractivity contribution is -0.111. The molecule has 0 saturated heterocycles. The van der Waals surface area contributed by atoms with Crippen molar-refractivity contribution in [1.29, 1.82) is 0 Å². The molecule has 2 heteroatoms. The molecular weight excluding hydrogens is 162 g/mol. The first-order chi connectivity index (χ1) is 6.24. The van der Waals surface area contributed by atoms with Gasteiger partial charge in [-0.2, -0.15) is 0 Å². The van der Waals surface area contributed by atoms with Crippen molar-refractivity contribution in [2.75, 3.05) is 0 Å². The molecule has 68 valence electrons. The van der Waals surface area contributed by atoms with E-state index in [1.807, 2.05) is 37.3 Å². The van der Waals surface area contributed by atoms with Crippen LogP contribution in [0.2, 0.25) is 0 Å². The molecule has 0 heterocycles. The van der Waals surface area contributed by atoms with Crippen LogP contribution in [0, 0.1) is 0 Å². The molecule has 0 spiro atoms. The molecule has 0 atom stereocenters. The van der Waals surface area contributed by atoms with E-state index < -0.39 is 0 Å². The third kappa shape index (κ3) is 2.82. The van der Waals surface area contributed by atoms with Crippen molar-refractivity contribution >= 4 is 17.2 Å². The Balaban J connectivity index is 2.92. The summed E-state index contributed by atoms with van der Waals surface area (Å²) in [5.74, 6) is 0.0475. The van der Waals surface area contributed by atoms with Crippen molar-refractivity contribution in [2.24, 2.45) is 4.99 Å². The molecule has 0 aliphatic carbocycles. The van der Waals surface area contributed by atoms with Crippen LogP contribution in [0.3, 0.4) is 0 Å². The first-order valence-electron chi connectivity index (χ1n) is 4.37. The largest absolute Gasteiger partial charge is 0.293 e. The summed E-state index contributed by atoms with van der Waals surface area (Å²) >= 11 is 0. The molecule has 1 aromatic carbocycles. The topological polar surface area (TPSA) is 29.4 Å². The summed E-state index contributed by atoms with van der Waals surface area (Å²) in [5, 5.41) is 0. The van der Waals surface area contributed by atoms with Crippen molar-refractivity contribution in [2.45, 2.75) is 20.3 Å². The molecule has 0 aliphatic heterocycles. The molecule has 0 bridgehead atoms. The Hall–Kier alpha value is -1.44. The normalized spacial score (nSPS) is 11.4. The van der Waals surface area contributed by atoms with Gasteiger partial charge >= 0.3 is 0 Å². The van der Waals surface area contributed by atoms with E-state index in [2.05, 4.69) is 4.99 Å². The molecule has 1 rings (SSSR count). The summed E-state index contributed by atoms with van der Waals surface area (Å²) < 4.78 is 0. The average molecular weight is 175 g/mol. The molecule has 0 amide bonds. The number of hydrogen-bond acceptors (Lipinski definition) is 2. The molecule has 13 heavy (non-hydrogen) atoms. The number of hydrogen-bond donors (Lipinski definition) is 0. The Morgan fingerprint density at radius 1 is 1.31 bits per heavy atom. The van der Waals surface area contributed by atoms with Crippen LogP contribution >= 0.6 is 0 Å². The molecule has 0 radical (unpaired) electrons. The standard InChI is InChI=1S/C11H13NO/c1-3-11(9(2)13)12-10-7-5-4-6-8-10/h4-8H,3H2,1-2H3. The van der Waals surface area contributed by atoms with Gasteiger partial charge in [0, 0.05) is 6.92 Å². The summed E-state index contributed by atoms with van der Waals surface area (Å²) in [6, 6.07) is 9.52. The van der Waals surface area contributed by atoms with E-state index in [1.54, 1.807) is 6.92 Å². The van der Waals surface area contributed by atoms with E-state index in [0.717, 1.165) is 5.69 Å². The monoisotopic (exact) mass is 175 g/mol. The third-order valence-electron chi connectivity index (χ3n) is 1.76. The van der Waals surface area contributed by atoms with Crippen molar-refractivity contribution in [1.82, 2.24) is 0 Å². The summed E-state index contributed by atoms with van der Waals surface area (Å²) in [7, 11) is 0. The first kappa shape index (κ1) is 9.65. The molecular formula is C11H13NO. The van der Waals surface area contributed by atoms with Crippen molar-refractivity contribution in [3.63, 3.8) is 0 Å². The summed E-state index contributed by atoms with van der Waals surface area (Å²) in [5.41, 5.74) is 1.47. The highest BCUT2D eigenvalue weighted by atomic mass is 16.1. The van der Waals surface area contributed by atoms with E-state index in [9.17, 15) is 4.79 Å². The lowest BCUT2D eigenvalue weighted by Crippen LogP contribution is -2.07. The predicted octanol–water partition coefficient (Wildman–Crippen LogP) is 2.76. The Kier molecular flexibility index (Phi) is 3.38. The molecule has 0 N–H and O–H groups in total. The zero-order chi connectivity index (χ0) is 9.68. The van der Waals surface area contributed by atoms with Gasteiger partial charge in [-0.15, -0.1) is 0 Å². The van der Waals surface area contributed by atoms with Crippen molar-refractivity contribution in [3.8, 4) is 0 Å². The van der Waals surface area contributed by atoms with Crippen LogP contribution < -0.4 is 0 Å². The van der Waals surface area contributed by atoms with E-state index >= 15 is 0 Å². The van der Waals surface area contributed by atoms with Gasteiger partial charge in [0.2, 0.25) is 0 Å². The van der Waals surface area contributed by atoms with Gasteiger partial charge in [-0.3, -0.25) is 4.79 Å². The summed E-state index contributed by atoms with van der Waals surface area (Å²) in [6.45, 7) is 3.48. The van der Waals surface area contributed by atoms with Crippen LogP contribution in [-0.2, 0) is 4.79 Å².